The zero-order valence-electron chi connectivity index (χ0n) is 19.0. The number of amides is 1. The van der Waals surface area contributed by atoms with Crippen LogP contribution in [0.4, 0.5) is 10.2 Å². The number of nitrogens with zero attached hydrogens (tertiary/aromatic N) is 6. The molecule has 3 aromatic rings. The fourth-order valence-corrected chi connectivity index (χ4v) is 5.74. The number of anilines is 1. The summed E-state index contributed by atoms with van der Waals surface area (Å²) >= 11 is 0. The Morgan fingerprint density at radius 3 is 2.60 bits per heavy atom. The van der Waals surface area contributed by atoms with Crippen molar-refractivity contribution in [1.82, 2.24) is 35.3 Å². The summed E-state index contributed by atoms with van der Waals surface area (Å²) in [5, 5.41) is 4.32. The second-order valence-corrected chi connectivity index (χ2v) is 9.27. The number of hydrogen-bond donors (Lipinski definition) is 3. The highest BCUT2D eigenvalue weighted by molar-refractivity contribution is 6.00. The summed E-state index contributed by atoms with van der Waals surface area (Å²) in [6, 6.07) is 1.42. The highest BCUT2D eigenvalue weighted by atomic mass is 19.1. The molecule has 4 atom stereocenters. The summed E-state index contributed by atoms with van der Waals surface area (Å²) < 4.78 is 15.3. The van der Waals surface area contributed by atoms with Crippen LogP contribution in [0.5, 0.6) is 0 Å². The van der Waals surface area contributed by atoms with E-state index < -0.39 is 12.0 Å². The van der Waals surface area contributed by atoms with Gasteiger partial charge in [0.05, 0.1) is 30.0 Å². The lowest BCUT2D eigenvalue weighted by atomic mass is 9.85. The first-order valence-corrected chi connectivity index (χ1v) is 11.6. The van der Waals surface area contributed by atoms with Gasteiger partial charge in [-0.1, -0.05) is 0 Å². The Balaban J connectivity index is 1.40. The summed E-state index contributed by atoms with van der Waals surface area (Å²) in [5.74, 6) is -0.578. The van der Waals surface area contributed by atoms with Crippen molar-refractivity contribution in [3.63, 3.8) is 0 Å². The van der Waals surface area contributed by atoms with Gasteiger partial charge in [-0.05, 0) is 38.7 Å². The third-order valence-electron chi connectivity index (χ3n) is 7.19. The van der Waals surface area contributed by atoms with E-state index in [2.05, 4.69) is 25.9 Å². The second-order valence-electron chi connectivity index (χ2n) is 9.27. The molecule has 11 nitrogen and oxygen atoms in total. The Morgan fingerprint density at radius 2 is 1.94 bits per heavy atom. The molecule has 3 unspecified atom stereocenters. The first-order valence-electron chi connectivity index (χ1n) is 11.6. The minimum atomic E-state index is -0.623. The van der Waals surface area contributed by atoms with Crippen LogP contribution in [0.2, 0.25) is 0 Å². The molecule has 2 bridgehead atoms. The molecule has 2 saturated heterocycles. The highest BCUT2D eigenvalue weighted by Crippen LogP contribution is 2.44. The first-order chi connectivity index (χ1) is 16.9. The smallest absolute Gasteiger partial charge is 0.264 e. The largest absolute Gasteiger partial charge is 0.383 e. The molecule has 4 N–H and O–H groups in total. The summed E-state index contributed by atoms with van der Waals surface area (Å²) in [5.41, 5.74) is 14.6. The maximum absolute atomic E-state index is 13.9. The van der Waals surface area contributed by atoms with Crippen molar-refractivity contribution in [2.24, 2.45) is 4.99 Å². The molecule has 35 heavy (non-hydrogen) atoms. The summed E-state index contributed by atoms with van der Waals surface area (Å²) in [6.07, 6.45) is 8.18. The van der Waals surface area contributed by atoms with E-state index in [1.165, 1.54) is 30.0 Å². The van der Waals surface area contributed by atoms with Gasteiger partial charge in [-0.3, -0.25) is 14.6 Å². The van der Waals surface area contributed by atoms with E-state index in [0.717, 1.165) is 19.0 Å². The van der Waals surface area contributed by atoms with E-state index in [0.29, 0.717) is 40.9 Å². The molecule has 0 aromatic carbocycles. The quantitative estimate of drug-likeness (QED) is 0.479. The van der Waals surface area contributed by atoms with Gasteiger partial charge in [-0.2, -0.15) is 9.61 Å². The van der Waals surface area contributed by atoms with Crippen LogP contribution in [-0.2, 0) is 4.79 Å². The molecule has 12 heteroatoms. The lowest BCUT2D eigenvalue weighted by molar-refractivity contribution is -0.137. The molecule has 3 aliphatic heterocycles. The van der Waals surface area contributed by atoms with Crippen LogP contribution in [0.25, 0.3) is 16.8 Å². The van der Waals surface area contributed by atoms with E-state index >= 15 is 0 Å². The predicted molar refractivity (Wildman–Crippen MR) is 125 cm³/mol. The molecular formula is C23H24FN9O2. The van der Waals surface area contributed by atoms with E-state index in [1.54, 1.807) is 6.20 Å². The second kappa shape index (κ2) is 8.08. The van der Waals surface area contributed by atoms with Crippen LogP contribution < -0.4 is 16.6 Å². The van der Waals surface area contributed by atoms with Crippen LogP contribution in [-0.4, -0.2) is 60.8 Å². The SMILES string of the molecule is CC(=O)c1c(C2CC3CC[C@@H](C2)N3C(=O)C2N=CNN2)nc2c(-c3cncc(F)c3)cnn2c1N. The van der Waals surface area contributed by atoms with Crippen LogP contribution in [0.1, 0.15) is 54.6 Å². The molecule has 3 aromatic heterocycles. The van der Waals surface area contributed by atoms with E-state index in [-0.39, 0.29) is 35.5 Å². The number of rotatable bonds is 4. The molecule has 3 aliphatic rings. The number of nitrogens with one attached hydrogen (secondary N) is 2. The number of ketones is 1. The minimum absolute atomic E-state index is 0.0275. The van der Waals surface area contributed by atoms with E-state index in [4.69, 9.17) is 10.7 Å². The van der Waals surface area contributed by atoms with Crippen LogP contribution in [0.3, 0.4) is 0 Å². The van der Waals surface area contributed by atoms with Gasteiger partial charge in [0.25, 0.3) is 5.91 Å². The van der Waals surface area contributed by atoms with Gasteiger partial charge in [0.15, 0.2) is 17.6 Å². The number of pyridine rings is 1. The van der Waals surface area contributed by atoms with Crippen LogP contribution >= 0.6 is 0 Å². The minimum Gasteiger partial charge on any atom is -0.383 e. The Morgan fingerprint density at radius 1 is 1.17 bits per heavy atom. The van der Waals surface area contributed by atoms with Gasteiger partial charge >= 0.3 is 0 Å². The van der Waals surface area contributed by atoms with Gasteiger partial charge in [-0.25, -0.2) is 19.8 Å². The average molecular weight is 478 g/mol. The van der Waals surface area contributed by atoms with E-state index in [1.807, 2.05) is 4.90 Å². The Labute approximate surface area is 199 Å². The normalized spacial score (nSPS) is 25.3. The zero-order valence-corrected chi connectivity index (χ0v) is 19.0. The predicted octanol–water partition coefficient (Wildman–Crippen LogP) is 1.41. The van der Waals surface area contributed by atoms with Gasteiger partial charge in [0.1, 0.15) is 11.6 Å². The summed E-state index contributed by atoms with van der Waals surface area (Å²) in [4.78, 5) is 40.7. The number of fused-ring (bicyclic) bond motifs is 3. The number of nitrogens with two attached hydrogens (primary N) is 1. The molecule has 0 radical (unpaired) electrons. The summed E-state index contributed by atoms with van der Waals surface area (Å²) in [7, 11) is 0. The van der Waals surface area contributed by atoms with Crippen molar-refractivity contribution in [2.75, 3.05) is 5.73 Å². The zero-order chi connectivity index (χ0) is 24.3. The molecule has 2 fully saturated rings. The lowest BCUT2D eigenvalue weighted by Gasteiger charge is -2.40. The topological polar surface area (TPSA) is 143 Å². The molecule has 0 aliphatic carbocycles. The third-order valence-corrected chi connectivity index (χ3v) is 7.19. The Kier molecular flexibility index (Phi) is 4.99. The lowest BCUT2D eigenvalue weighted by Crippen LogP contribution is -2.53. The van der Waals surface area contributed by atoms with Crippen molar-refractivity contribution >= 4 is 29.5 Å². The van der Waals surface area contributed by atoms with Crippen molar-refractivity contribution < 1.29 is 14.0 Å². The number of carbonyl (C=O) groups excluding carboxylic acids is 2. The van der Waals surface area contributed by atoms with E-state index in [9.17, 15) is 14.0 Å². The Hall–Kier alpha value is -3.93. The van der Waals surface area contributed by atoms with Crippen LogP contribution in [0.15, 0.2) is 29.6 Å². The Bertz CT molecular complexity index is 1370. The van der Waals surface area contributed by atoms with Gasteiger partial charge in [0, 0.05) is 35.3 Å². The number of Topliss-reactive ketones (excluding diaryl/α,β-unsaturated/α-hetero) is 1. The maximum atomic E-state index is 13.9. The molecule has 0 spiro atoms. The number of halogens is 1. The molecule has 6 rings (SSSR count). The average Bonchev–Trinajstić information content (AvgIpc) is 3.57. The number of nitrogen functional groups attached to an aromatic ring is 1. The number of hydrogen-bond acceptors (Lipinski definition) is 9. The highest BCUT2D eigenvalue weighted by Gasteiger charge is 2.46. The molecule has 180 valence electrons. The van der Waals surface area contributed by atoms with Crippen molar-refractivity contribution in [1.29, 1.82) is 0 Å². The van der Waals surface area contributed by atoms with Crippen molar-refractivity contribution in [3.05, 3.63) is 41.7 Å². The van der Waals surface area contributed by atoms with Crippen molar-refractivity contribution in [3.8, 4) is 11.1 Å². The fourth-order valence-electron chi connectivity index (χ4n) is 5.74. The number of aromatic nitrogens is 4. The molecular weight excluding hydrogens is 453 g/mol. The number of hydrazine groups is 1. The van der Waals surface area contributed by atoms with Crippen LogP contribution in [0, 0.1) is 5.82 Å². The fraction of sp³-hybridized carbons (Fsp3) is 0.391. The standard InChI is InChI=1S/C23H24FN9O2/c1-11(34)18-19(12-5-15-2-3-16(6-12)32(15)23(35)21-27-10-28-31-21)30-22-17(9-29-33(22)20(18)25)13-4-14(24)8-26-7-13/h4,7-10,12,15-16,21,31H,2-3,5-6,25H2,1H3,(H,27,28)/t12?,15-,16?,21?/m0/s1. The number of aliphatic imine (C=N–C) groups is 1. The van der Waals surface area contributed by atoms with Crippen molar-refractivity contribution in [2.45, 2.75) is 56.8 Å². The molecule has 6 heterocycles. The number of carbonyl (C=O) groups is 2. The van der Waals surface area contributed by atoms with Gasteiger partial charge in [0.2, 0.25) is 0 Å². The molecule has 0 saturated carbocycles. The summed E-state index contributed by atoms with van der Waals surface area (Å²) in [6.45, 7) is 1.47. The molecule has 1 amide bonds. The van der Waals surface area contributed by atoms with Gasteiger partial charge < -0.3 is 16.1 Å². The third kappa shape index (κ3) is 3.43. The first kappa shape index (κ1) is 21.6. The van der Waals surface area contributed by atoms with Gasteiger partial charge in [-0.15, -0.1) is 0 Å². The maximum Gasteiger partial charge on any atom is 0.264 e. The monoisotopic (exact) mass is 477 g/mol. The number of piperidine rings is 1.